The van der Waals surface area contributed by atoms with Crippen molar-refractivity contribution < 1.29 is 27.7 Å². The standard InChI is InChI=1S/C19H27F3N4O2/c1-13(16(27)23-17(28)24-18(2,3)4)25-8-10-26(11-9-25)15-7-5-6-14(12-15)19(20,21)22/h5-7,12-13H,8-11H2,1-4H3,(H2,23,24,27,28)/p+1/t13-/m1/s1. The first-order valence-corrected chi connectivity index (χ1v) is 9.26. The lowest BCUT2D eigenvalue weighted by molar-refractivity contribution is -0.914. The molecule has 9 heteroatoms. The van der Waals surface area contributed by atoms with E-state index >= 15 is 0 Å². The monoisotopic (exact) mass is 401 g/mol. The zero-order chi connectivity index (χ0) is 21.1. The highest BCUT2D eigenvalue weighted by molar-refractivity contribution is 5.96. The van der Waals surface area contributed by atoms with Crippen molar-refractivity contribution in [2.75, 3.05) is 31.1 Å². The van der Waals surface area contributed by atoms with Crippen molar-refractivity contribution in [3.63, 3.8) is 0 Å². The number of hydrogen-bond donors (Lipinski definition) is 3. The van der Waals surface area contributed by atoms with Gasteiger partial charge in [0.25, 0.3) is 5.91 Å². The van der Waals surface area contributed by atoms with Crippen molar-refractivity contribution in [1.82, 2.24) is 10.6 Å². The Hall–Kier alpha value is -2.29. The smallest absolute Gasteiger partial charge is 0.360 e. The normalized spacial score (nSPS) is 17.2. The second-order valence-electron chi connectivity index (χ2n) is 8.11. The van der Waals surface area contributed by atoms with E-state index in [2.05, 4.69) is 10.6 Å². The van der Waals surface area contributed by atoms with Crippen LogP contribution in [0, 0.1) is 0 Å². The summed E-state index contributed by atoms with van der Waals surface area (Å²) in [4.78, 5) is 27.0. The quantitative estimate of drug-likeness (QED) is 0.718. The molecule has 1 fully saturated rings. The second kappa shape index (κ2) is 8.38. The molecule has 1 saturated heterocycles. The van der Waals surface area contributed by atoms with Crippen molar-refractivity contribution in [2.24, 2.45) is 0 Å². The van der Waals surface area contributed by atoms with Crippen LogP contribution in [0.15, 0.2) is 24.3 Å². The molecule has 0 bridgehead atoms. The van der Waals surface area contributed by atoms with E-state index < -0.39 is 29.4 Å². The van der Waals surface area contributed by atoms with Gasteiger partial charge in [-0.05, 0) is 45.9 Å². The number of quaternary nitrogens is 1. The number of piperazine rings is 1. The highest BCUT2D eigenvalue weighted by atomic mass is 19.4. The highest BCUT2D eigenvalue weighted by Gasteiger charge is 2.33. The minimum absolute atomic E-state index is 0.371. The van der Waals surface area contributed by atoms with Crippen molar-refractivity contribution in [3.05, 3.63) is 29.8 Å². The van der Waals surface area contributed by atoms with Crippen LogP contribution in [-0.2, 0) is 11.0 Å². The Labute approximate surface area is 163 Å². The number of halogens is 3. The number of nitrogens with zero attached hydrogens (tertiary/aromatic N) is 1. The molecule has 6 nitrogen and oxygen atoms in total. The predicted molar refractivity (Wildman–Crippen MR) is 100 cm³/mol. The van der Waals surface area contributed by atoms with Crippen molar-refractivity contribution >= 4 is 17.6 Å². The Bertz CT molecular complexity index is 708. The zero-order valence-electron chi connectivity index (χ0n) is 16.6. The van der Waals surface area contributed by atoms with E-state index in [1.54, 1.807) is 13.0 Å². The van der Waals surface area contributed by atoms with Gasteiger partial charge < -0.3 is 15.1 Å². The van der Waals surface area contributed by atoms with Crippen LogP contribution in [0.5, 0.6) is 0 Å². The number of anilines is 1. The molecule has 28 heavy (non-hydrogen) atoms. The molecule has 0 saturated carbocycles. The Kier molecular flexibility index (Phi) is 6.59. The van der Waals surface area contributed by atoms with Crippen LogP contribution >= 0.6 is 0 Å². The molecule has 3 N–H and O–H groups in total. The van der Waals surface area contributed by atoms with Crippen molar-refractivity contribution in [1.29, 1.82) is 0 Å². The van der Waals surface area contributed by atoms with Gasteiger partial charge >= 0.3 is 12.2 Å². The number of carbonyl (C=O) groups is 2. The zero-order valence-corrected chi connectivity index (χ0v) is 16.6. The van der Waals surface area contributed by atoms with Gasteiger partial charge in [-0.15, -0.1) is 0 Å². The number of imide groups is 1. The summed E-state index contributed by atoms with van der Waals surface area (Å²) >= 11 is 0. The summed E-state index contributed by atoms with van der Waals surface area (Å²) in [5.74, 6) is -0.371. The van der Waals surface area contributed by atoms with Gasteiger partial charge in [-0.25, -0.2) is 4.79 Å². The molecule has 1 aromatic rings. The first-order valence-electron chi connectivity index (χ1n) is 9.26. The van der Waals surface area contributed by atoms with E-state index in [9.17, 15) is 22.8 Å². The van der Waals surface area contributed by atoms with Gasteiger partial charge in [0, 0.05) is 11.2 Å². The van der Waals surface area contributed by atoms with Crippen molar-refractivity contribution in [2.45, 2.75) is 45.5 Å². The molecule has 156 valence electrons. The average Bonchev–Trinajstić information content (AvgIpc) is 2.59. The molecular formula is C19H28F3N4O2+. The maximum atomic E-state index is 12.9. The van der Waals surface area contributed by atoms with Crippen LogP contribution < -0.4 is 20.4 Å². The molecule has 0 radical (unpaired) electrons. The maximum absolute atomic E-state index is 12.9. The van der Waals surface area contributed by atoms with E-state index in [4.69, 9.17) is 0 Å². The first kappa shape index (κ1) is 22.0. The van der Waals surface area contributed by atoms with Crippen molar-refractivity contribution in [3.8, 4) is 0 Å². The molecule has 1 aromatic carbocycles. The Balaban J connectivity index is 1.91. The summed E-state index contributed by atoms with van der Waals surface area (Å²) in [6.07, 6.45) is -4.37. The summed E-state index contributed by atoms with van der Waals surface area (Å²) < 4.78 is 38.7. The summed E-state index contributed by atoms with van der Waals surface area (Å²) in [6.45, 7) is 9.44. The minimum Gasteiger partial charge on any atom is -0.360 e. The summed E-state index contributed by atoms with van der Waals surface area (Å²) in [6, 6.07) is 4.30. The number of urea groups is 1. The molecule has 1 atom stereocenters. The number of amides is 3. The molecule has 0 unspecified atom stereocenters. The highest BCUT2D eigenvalue weighted by Crippen LogP contribution is 2.31. The number of rotatable bonds is 3. The lowest BCUT2D eigenvalue weighted by atomic mass is 10.1. The van der Waals surface area contributed by atoms with Crippen LogP contribution in [0.25, 0.3) is 0 Å². The summed E-state index contributed by atoms with van der Waals surface area (Å²) in [5.41, 5.74) is -0.593. The third kappa shape index (κ3) is 6.12. The van der Waals surface area contributed by atoms with E-state index in [1.807, 2.05) is 25.7 Å². The van der Waals surface area contributed by atoms with E-state index in [1.165, 1.54) is 6.07 Å². The van der Waals surface area contributed by atoms with E-state index in [-0.39, 0.29) is 5.91 Å². The minimum atomic E-state index is -4.37. The van der Waals surface area contributed by atoms with Crippen LogP contribution in [0.1, 0.15) is 33.3 Å². The number of carbonyl (C=O) groups excluding carboxylic acids is 2. The fourth-order valence-electron chi connectivity index (χ4n) is 3.14. The van der Waals surface area contributed by atoms with Crippen LogP contribution in [0.3, 0.4) is 0 Å². The van der Waals surface area contributed by atoms with Crippen LogP contribution in [0.2, 0.25) is 0 Å². The van der Waals surface area contributed by atoms with Gasteiger partial charge in [0.05, 0.1) is 31.7 Å². The summed E-state index contributed by atoms with van der Waals surface area (Å²) in [5, 5.41) is 5.03. The van der Waals surface area contributed by atoms with Gasteiger partial charge in [-0.2, -0.15) is 13.2 Å². The Morgan fingerprint density at radius 2 is 1.75 bits per heavy atom. The fraction of sp³-hybridized carbons (Fsp3) is 0.579. The topological polar surface area (TPSA) is 65.9 Å². The maximum Gasteiger partial charge on any atom is 0.416 e. The third-order valence-corrected chi connectivity index (χ3v) is 4.68. The molecule has 2 rings (SSSR count). The van der Waals surface area contributed by atoms with Crippen LogP contribution in [0.4, 0.5) is 23.7 Å². The largest absolute Gasteiger partial charge is 0.416 e. The molecule has 3 amide bonds. The molecule has 0 spiro atoms. The number of nitrogens with one attached hydrogen (secondary N) is 3. The van der Waals surface area contributed by atoms with Gasteiger partial charge in [0.1, 0.15) is 0 Å². The molecular weight excluding hydrogens is 373 g/mol. The first-order chi connectivity index (χ1) is 12.9. The Morgan fingerprint density at radius 3 is 2.29 bits per heavy atom. The number of alkyl halides is 3. The second-order valence-corrected chi connectivity index (χ2v) is 8.11. The fourth-order valence-corrected chi connectivity index (χ4v) is 3.14. The van der Waals surface area contributed by atoms with Gasteiger partial charge in [-0.3, -0.25) is 10.1 Å². The molecule has 1 aliphatic rings. The van der Waals surface area contributed by atoms with E-state index in [0.717, 1.165) is 17.0 Å². The SMILES string of the molecule is C[C@H](C(=O)NC(=O)NC(C)(C)C)[NH+]1CCN(c2cccc(C(F)(F)F)c2)CC1. The molecule has 1 heterocycles. The third-order valence-electron chi connectivity index (χ3n) is 4.68. The Morgan fingerprint density at radius 1 is 1.14 bits per heavy atom. The summed E-state index contributed by atoms with van der Waals surface area (Å²) in [7, 11) is 0. The lowest BCUT2D eigenvalue weighted by Gasteiger charge is -2.36. The predicted octanol–water partition coefficient (Wildman–Crippen LogP) is 1.42. The van der Waals surface area contributed by atoms with Gasteiger partial charge in [0.2, 0.25) is 0 Å². The number of benzene rings is 1. The van der Waals surface area contributed by atoms with Gasteiger partial charge in [0.15, 0.2) is 6.04 Å². The average molecular weight is 401 g/mol. The van der Waals surface area contributed by atoms with Gasteiger partial charge in [-0.1, -0.05) is 6.07 Å². The lowest BCUT2D eigenvalue weighted by Crippen LogP contribution is -3.19. The number of hydrogen-bond acceptors (Lipinski definition) is 3. The molecule has 0 aliphatic carbocycles. The van der Waals surface area contributed by atoms with E-state index in [0.29, 0.717) is 31.9 Å². The molecule has 0 aromatic heterocycles. The molecule has 1 aliphatic heterocycles. The van der Waals surface area contributed by atoms with Crippen LogP contribution in [-0.4, -0.2) is 49.7 Å².